The van der Waals surface area contributed by atoms with E-state index in [-0.39, 0.29) is 5.41 Å². The normalized spacial score (nSPS) is 22.4. The lowest BCUT2D eigenvalue weighted by atomic mass is 9.85. The maximum Gasteiger partial charge on any atom is 0.126 e. The van der Waals surface area contributed by atoms with Gasteiger partial charge in [0.25, 0.3) is 0 Å². The summed E-state index contributed by atoms with van der Waals surface area (Å²) in [7, 11) is 0. The smallest absolute Gasteiger partial charge is 0.126 e. The lowest BCUT2D eigenvalue weighted by Gasteiger charge is -2.18. The molecule has 0 atom stereocenters. The summed E-state index contributed by atoms with van der Waals surface area (Å²) in [5.74, 6) is 0. The van der Waals surface area contributed by atoms with Crippen molar-refractivity contribution < 1.29 is 4.79 Å². The fourth-order valence-electron chi connectivity index (χ4n) is 1.74. The molecule has 1 heteroatoms. The average Bonchev–Trinajstić information content (AvgIpc) is 2.39. The molecule has 0 aromatic carbocycles. The number of carbonyl (C=O) groups is 1. The molecule has 56 valence electrons. The van der Waals surface area contributed by atoms with Crippen LogP contribution in [0.15, 0.2) is 12.7 Å². The van der Waals surface area contributed by atoms with Gasteiger partial charge in [-0.3, -0.25) is 0 Å². The molecule has 1 nitrogen and oxygen atoms in total. The van der Waals surface area contributed by atoms with Crippen molar-refractivity contribution >= 4 is 6.29 Å². The van der Waals surface area contributed by atoms with E-state index in [1.807, 2.05) is 6.08 Å². The van der Waals surface area contributed by atoms with Crippen molar-refractivity contribution in [3.05, 3.63) is 12.7 Å². The van der Waals surface area contributed by atoms with Crippen LogP contribution in [0, 0.1) is 5.41 Å². The molecule has 0 heterocycles. The predicted molar refractivity (Wildman–Crippen MR) is 41.8 cm³/mol. The Bertz CT molecular complexity index is 132. The Labute approximate surface area is 62.1 Å². The molecule has 0 amide bonds. The van der Waals surface area contributed by atoms with Crippen molar-refractivity contribution in [2.24, 2.45) is 5.41 Å². The standard InChI is InChI=1S/C9H14O/c1-2-5-9(8-10)6-3-4-7-9/h2,8H,1,3-7H2. The minimum absolute atomic E-state index is 0.0122. The lowest BCUT2D eigenvalue weighted by molar-refractivity contribution is -0.115. The van der Waals surface area contributed by atoms with Gasteiger partial charge in [0.2, 0.25) is 0 Å². The maximum absolute atomic E-state index is 10.7. The Balaban J connectivity index is 2.57. The molecule has 1 aliphatic rings. The van der Waals surface area contributed by atoms with Gasteiger partial charge in [-0.2, -0.15) is 0 Å². The summed E-state index contributed by atoms with van der Waals surface area (Å²) in [4.78, 5) is 10.7. The van der Waals surface area contributed by atoms with Crippen LogP contribution in [0.25, 0.3) is 0 Å². The van der Waals surface area contributed by atoms with Gasteiger partial charge >= 0.3 is 0 Å². The van der Waals surface area contributed by atoms with E-state index in [1.165, 1.54) is 12.8 Å². The van der Waals surface area contributed by atoms with E-state index in [0.29, 0.717) is 0 Å². The summed E-state index contributed by atoms with van der Waals surface area (Å²) in [6.07, 6.45) is 8.43. The molecular weight excluding hydrogens is 124 g/mol. The topological polar surface area (TPSA) is 17.1 Å². The van der Waals surface area contributed by atoms with Crippen LogP contribution in [-0.2, 0) is 4.79 Å². The number of aldehydes is 1. The molecule has 0 unspecified atom stereocenters. The van der Waals surface area contributed by atoms with E-state index in [1.54, 1.807) is 0 Å². The number of allylic oxidation sites excluding steroid dienone is 1. The second-order valence-electron chi connectivity index (χ2n) is 3.18. The monoisotopic (exact) mass is 138 g/mol. The van der Waals surface area contributed by atoms with Crippen LogP contribution in [0.4, 0.5) is 0 Å². The summed E-state index contributed by atoms with van der Waals surface area (Å²) in [6.45, 7) is 3.66. The van der Waals surface area contributed by atoms with Crippen molar-refractivity contribution in [1.29, 1.82) is 0 Å². The first-order chi connectivity index (χ1) is 4.83. The largest absolute Gasteiger partial charge is 0.303 e. The van der Waals surface area contributed by atoms with Gasteiger partial charge in [0.1, 0.15) is 6.29 Å². The van der Waals surface area contributed by atoms with E-state index in [9.17, 15) is 4.79 Å². The van der Waals surface area contributed by atoms with Gasteiger partial charge in [-0.05, 0) is 19.3 Å². The van der Waals surface area contributed by atoms with Crippen LogP contribution in [0.5, 0.6) is 0 Å². The predicted octanol–water partition coefficient (Wildman–Crippen LogP) is 2.32. The van der Waals surface area contributed by atoms with Crippen molar-refractivity contribution in [3.8, 4) is 0 Å². The van der Waals surface area contributed by atoms with Crippen LogP contribution in [0.1, 0.15) is 32.1 Å². The Hall–Kier alpha value is -0.590. The van der Waals surface area contributed by atoms with Crippen LogP contribution in [0.2, 0.25) is 0 Å². The zero-order valence-electron chi connectivity index (χ0n) is 6.31. The first-order valence-corrected chi connectivity index (χ1v) is 3.90. The molecule has 1 rings (SSSR count). The van der Waals surface area contributed by atoms with Gasteiger partial charge in [0, 0.05) is 5.41 Å². The fourth-order valence-corrected chi connectivity index (χ4v) is 1.74. The maximum atomic E-state index is 10.7. The van der Waals surface area contributed by atoms with Crippen LogP contribution < -0.4 is 0 Å². The second-order valence-corrected chi connectivity index (χ2v) is 3.18. The fraction of sp³-hybridized carbons (Fsp3) is 0.667. The third-order valence-corrected chi connectivity index (χ3v) is 2.40. The van der Waals surface area contributed by atoms with Crippen molar-refractivity contribution in [2.45, 2.75) is 32.1 Å². The number of rotatable bonds is 3. The van der Waals surface area contributed by atoms with Crippen LogP contribution in [0.3, 0.4) is 0 Å². The minimum atomic E-state index is -0.0122. The van der Waals surface area contributed by atoms with Crippen molar-refractivity contribution in [3.63, 3.8) is 0 Å². The zero-order chi connectivity index (χ0) is 7.45. The summed E-state index contributed by atoms with van der Waals surface area (Å²) in [5, 5.41) is 0. The Morgan fingerprint density at radius 1 is 1.40 bits per heavy atom. The van der Waals surface area contributed by atoms with Crippen LogP contribution >= 0.6 is 0 Å². The molecule has 0 N–H and O–H groups in total. The Morgan fingerprint density at radius 2 is 2.00 bits per heavy atom. The van der Waals surface area contributed by atoms with Gasteiger partial charge in [-0.25, -0.2) is 0 Å². The number of hydrogen-bond acceptors (Lipinski definition) is 1. The molecular formula is C9H14O. The van der Waals surface area contributed by atoms with E-state index in [2.05, 4.69) is 6.58 Å². The summed E-state index contributed by atoms with van der Waals surface area (Å²) < 4.78 is 0. The van der Waals surface area contributed by atoms with E-state index in [4.69, 9.17) is 0 Å². The zero-order valence-corrected chi connectivity index (χ0v) is 6.31. The van der Waals surface area contributed by atoms with Gasteiger partial charge in [0.05, 0.1) is 0 Å². The lowest BCUT2D eigenvalue weighted by Crippen LogP contribution is -2.16. The van der Waals surface area contributed by atoms with Crippen molar-refractivity contribution in [1.82, 2.24) is 0 Å². The molecule has 0 spiro atoms. The van der Waals surface area contributed by atoms with Gasteiger partial charge in [-0.1, -0.05) is 18.9 Å². The molecule has 0 aromatic rings. The number of hydrogen-bond donors (Lipinski definition) is 0. The molecule has 0 aliphatic heterocycles. The molecule has 0 radical (unpaired) electrons. The van der Waals surface area contributed by atoms with E-state index >= 15 is 0 Å². The van der Waals surface area contributed by atoms with E-state index in [0.717, 1.165) is 25.5 Å². The highest BCUT2D eigenvalue weighted by atomic mass is 16.1. The molecule has 1 saturated carbocycles. The molecule has 1 fully saturated rings. The highest BCUT2D eigenvalue weighted by molar-refractivity contribution is 5.60. The first kappa shape index (κ1) is 7.52. The molecule has 0 saturated heterocycles. The first-order valence-electron chi connectivity index (χ1n) is 3.90. The summed E-state index contributed by atoms with van der Waals surface area (Å²) in [5.41, 5.74) is -0.0122. The SMILES string of the molecule is C=CCC1(C=O)CCCC1. The molecule has 10 heavy (non-hydrogen) atoms. The third-order valence-electron chi connectivity index (χ3n) is 2.40. The Morgan fingerprint density at radius 3 is 2.40 bits per heavy atom. The van der Waals surface area contributed by atoms with Crippen molar-refractivity contribution in [2.75, 3.05) is 0 Å². The molecule has 1 aliphatic carbocycles. The minimum Gasteiger partial charge on any atom is -0.303 e. The summed E-state index contributed by atoms with van der Waals surface area (Å²) in [6, 6.07) is 0. The average molecular weight is 138 g/mol. The van der Waals surface area contributed by atoms with Crippen LogP contribution in [-0.4, -0.2) is 6.29 Å². The number of carbonyl (C=O) groups excluding carboxylic acids is 1. The highest BCUT2D eigenvalue weighted by Gasteiger charge is 2.31. The van der Waals surface area contributed by atoms with Gasteiger partial charge < -0.3 is 4.79 Å². The Kier molecular flexibility index (Phi) is 2.25. The summed E-state index contributed by atoms with van der Waals surface area (Å²) >= 11 is 0. The quantitative estimate of drug-likeness (QED) is 0.432. The highest BCUT2D eigenvalue weighted by Crippen LogP contribution is 2.39. The molecule has 0 bridgehead atoms. The molecule has 0 aromatic heterocycles. The van der Waals surface area contributed by atoms with Gasteiger partial charge in [0.15, 0.2) is 0 Å². The third kappa shape index (κ3) is 1.28. The van der Waals surface area contributed by atoms with Gasteiger partial charge in [-0.15, -0.1) is 6.58 Å². The van der Waals surface area contributed by atoms with E-state index < -0.39 is 0 Å². The second kappa shape index (κ2) is 3.00.